The van der Waals surface area contributed by atoms with Crippen LogP contribution in [0, 0.1) is 11.3 Å². The summed E-state index contributed by atoms with van der Waals surface area (Å²) < 4.78 is 5.30. The summed E-state index contributed by atoms with van der Waals surface area (Å²) in [4.78, 5) is 12.0. The normalized spacial score (nSPS) is 9.96. The van der Waals surface area contributed by atoms with Gasteiger partial charge in [0.1, 0.15) is 11.5 Å². The van der Waals surface area contributed by atoms with Crippen molar-refractivity contribution in [3.63, 3.8) is 0 Å². The van der Waals surface area contributed by atoms with Crippen molar-refractivity contribution in [3.05, 3.63) is 83.9 Å². The number of carbonyl (C=O) groups is 1. The van der Waals surface area contributed by atoms with Crippen LogP contribution in [0.4, 0.5) is 0 Å². The van der Waals surface area contributed by atoms with E-state index in [9.17, 15) is 9.90 Å². The number of ether oxygens (including phenoxy) is 1. The van der Waals surface area contributed by atoms with Gasteiger partial charge in [-0.2, -0.15) is 5.26 Å². The second-order valence-electron chi connectivity index (χ2n) is 5.15. The van der Waals surface area contributed by atoms with Crippen LogP contribution in [0.2, 0.25) is 0 Å². The molecule has 0 aliphatic rings. The maximum absolute atomic E-state index is 12.0. The fourth-order valence-corrected chi connectivity index (χ4v) is 2.22. The van der Waals surface area contributed by atoms with E-state index in [1.54, 1.807) is 24.3 Å². The summed E-state index contributed by atoms with van der Waals surface area (Å²) >= 11 is 0. The van der Waals surface area contributed by atoms with Crippen molar-refractivity contribution in [1.82, 2.24) is 0 Å². The summed E-state index contributed by atoms with van der Waals surface area (Å²) in [6.45, 7) is 0. The molecule has 0 heterocycles. The van der Waals surface area contributed by atoms with E-state index < -0.39 is 5.97 Å². The van der Waals surface area contributed by atoms with Gasteiger partial charge in [-0.15, -0.1) is 0 Å². The molecule has 0 aliphatic heterocycles. The van der Waals surface area contributed by atoms with Crippen LogP contribution in [0.3, 0.4) is 0 Å². The van der Waals surface area contributed by atoms with Crippen LogP contribution in [-0.2, 0) is 0 Å². The third-order valence-electron chi connectivity index (χ3n) is 3.52. The molecule has 0 saturated heterocycles. The number of hydrogen-bond donors (Lipinski definition) is 1. The number of nitriles is 1. The van der Waals surface area contributed by atoms with Gasteiger partial charge in [-0.3, -0.25) is 0 Å². The summed E-state index contributed by atoms with van der Waals surface area (Å²) in [7, 11) is 0. The molecule has 0 spiro atoms. The number of benzene rings is 3. The molecular formula is C20H13NO3. The molecule has 1 N–H and O–H groups in total. The van der Waals surface area contributed by atoms with Gasteiger partial charge >= 0.3 is 5.97 Å². The summed E-state index contributed by atoms with van der Waals surface area (Å²) in [6, 6.07) is 22.3. The third-order valence-corrected chi connectivity index (χ3v) is 3.52. The first kappa shape index (κ1) is 15.3. The fourth-order valence-electron chi connectivity index (χ4n) is 2.22. The average Bonchev–Trinajstić information content (AvgIpc) is 2.63. The summed E-state index contributed by atoms with van der Waals surface area (Å²) in [6.07, 6.45) is 0. The van der Waals surface area contributed by atoms with E-state index in [1.165, 1.54) is 24.3 Å². The van der Waals surface area contributed by atoms with Crippen LogP contribution < -0.4 is 4.74 Å². The minimum Gasteiger partial charge on any atom is -0.508 e. The topological polar surface area (TPSA) is 70.3 Å². The Kier molecular flexibility index (Phi) is 4.26. The quantitative estimate of drug-likeness (QED) is 0.582. The lowest BCUT2D eigenvalue weighted by Crippen LogP contribution is -2.07. The molecule has 4 heteroatoms. The first-order valence-corrected chi connectivity index (χ1v) is 7.27. The Morgan fingerprint density at radius 2 is 1.38 bits per heavy atom. The van der Waals surface area contributed by atoms with Crippen molar-refractivity contribution in [2.75, 3.05) is 0 Å². The molecule has 0 saturated carbocycles. The number of rotatable bonds is 3. The van der Waals surface area contributed by atoms with Crippen LogP contribution in [0.5, 0.6) is 11.5 Å². The Morgan fingerprint density at radius 1 is 0.833 bits per heavy atom. The Hall–Kier alpha value is -3.58. The molecule has 0 radical (unpaired) electrons. The highest BCUT2D eigenvalue weighted by atomic mass is 16.5. The fraction of sp³-hybridized carbons (Fsp3) is 0. The molecule has 0 bridgehead atoms. The van der Waals surface area contributed by atoms with Crippen molar-refractivity contribution in [3.8, 4) is 28.7 Å². The minimum absolute atomic E-state index is 0.0957. The van der Waals surface area contributed by atoms with Gasteiger partial charge in [0, 0.05) is 0 Å². The SMILES string of the molecule is N#Cc1ccc(-c2ccc(OC(=O)c3ccc(O)cc3)cc2)cc1. The lowest BCUT2D eigenvalue weighted by molar-refractivity contribution is 0.0735. The van der Waals surface area contributed by atoms with Crippen molar-refractivity contribution in [2.24, 2.45) is 0 Å². The molecule has 0 aliphatic carbocycles. The van der Waals surface area contributed by atoms with Crippen LogP contribution in [0.1, 0.15) is 15.9 Å². The van der Waals surface area contributed by atoms with E-state index in [-0.39, 0.29) is 5.75 Å². The standard InChI is InChI=1S/C20H13NO3/c21-13-14-1-3-15(4-2-14)16-7-11-19(12-8-16)24-20(23)17-5-9-18(22)10-6-17/h1-12,22H. The number of hydrogen-bond acceptors (Lipinski definition) is 4. The molecule has 0 fully saturated rings. The number of phenols is 1. The molecule has 24 heavy (non-hydrogen) atoms. The van der Waals surface area contributed by atoms with E-state index >= 15 is 0 Å². The van der Waals surface area contributed by atoms with Gasteiger partial charge in [0.2, 0.25) is 0 Å². The van der Waals surface area contributed by atoms with Crippen LogP contribution >= 0.6 is 0 Å². The van der Waals surface area contributed by atoms with Gasteiger partial charge in [0.05, 0.1) is 17.2 Å². The summed E-state index contributed by atoms with van der Waals surface area (Å²) in [5.41, 5.74) is 2.91. The zero-order valence-electron chi connectivity index (χ0n) is 12.6. The smallest absolute Gasteiger partial charge is 0.343 e. The second kappa shape index (κ2) is 6.67. The van der Waals surface area contributed by atoms with Gasteiger partial charge in [0.15, 0.2) is 0 Å². The highest BCUT2D eigenvalue weighted by Crippen LogP contribution is 2.23. The number of aromatic hydroxyl groups is 1. The van der Waals surface area contributed by atoms with Crippen molar-refractivity contribution in [1.29, 1.82) is 5.26 Å². The van der Waals surface area contributed by atoms with Crippen molar-refractivity contribution >= 4 is 5.97 Å². The van der Waals surface area contributed by atoms with Gasteiger partial charge in [-0.1, -0.05) is 24.3 Å². The number of carbonyl (C=O) groups excluding carboxylic acids is 1. The summed E-state index contributed by atoms with van der Waals surface area (Å²) in [5.74, 6) is 0.0462. The molecule has 3 rings (SSSR count). The van der Waals surface area contributed by atoms with Crippen LogP contribution in [0.25, 0.3) is 11.1 Å². The van der Waals surface area contributed by atoms with E-state index in [0.717, 1.165) is 11.1 Å². The monoisotopic (exact) mass is 315 g/mol. The largest absolute Gasteiger partial charge is 0.508 e. The molecule has 3 aromatic rings. The van der Waals surface area contributed by atoms with Crippen molar-refractivity contribution < 1.29 is 14.6 Å². The molecule has 0 aromatic heterocycles. The Balaban J connectivity index is 1.73. The molecule has 0 amide bonds. The van der Waals surface area contributed by atoms with E-state index in [0.29, 0.717) is 16.9 Å². The Bertz CT molecular complexity index is 890. The van der Waals surface area contributed by atoms with Crippen molar-refractivity contribution in [2.45, 2.75) is 0 Å². The van der Waals surface area contributed by atoms with Gasteiger partial charge < -0.3 is 9.84 Å². The van der Waals surface area contributed by atoms with Gasteiger partial charge in [-0.05, 0) is 59.7 Å². The van der Waals surface area contributed by atoms with Gasteiger partial charge in [0.25, 0.3) is 0 Å². The van der Waals surface area contributed by atoms with E-state index in [1.807, 2.05) is 24.3 Å². The van der Waals surface area contributed by atoms with Crippen LogP contribution in [0.15, 0.2) is 72.8 Å². The molecule has 0 unspecified atom stereocenters. The minimum atomic E-state index is -0.485. The van der Waals surface area contributed by atoms with Gasteiger partial charge in [-0.25, -0.2) is 4.79 Å². The molecular weight excluding hydrogens is 302 g/mol. The molecule has 116 valence electrons. The van der Waals surface area contributed by atoms with E-state index in [2.05, 4.69) is 6.07 Å². The first-order chi connectivity index (χ1) is 11.7. The van der Waals surface area contributed by atoms with E-state index in [4.69, 9.17) is 10.00 Å². The maximum Gasteiger partial charge on any atom is 0.343 e. The lowest BCUT2D eigenvalue weighted by atomic mass is 10.0. The number of phenolic OH excluding ortho intramolecular Hbond substituents is 1. The Labute approximate surface area is 139 Å². The predicted molar refractivity (Wildman–Crippen MR) is 89.7 cm³/mol. The second-order valence-corrected chi connectivity index (χ2v) is 5.15. The highest BCUT2D eigenvalue weighted by Gasteiger charge is 2.08. The summed E-state index contributed by atoms with van der Waals surface area (Å²) in [5, 5.41) is 18.0. The highest BCUT2D eigenvalue weighted by molar-refractivity contribution is 5.91. The Morgan fingerprint density at radius 3 is 1.92 bits per heavy atom. The molecule has 3 aromatic carbocycles. The zero-order chi connectivity index (χ0) is 16.9. The molecule has 0 atom stereocenters. The predicted octanol–water partition coefficient (Wildman–Crippen LogP) is 4.15. The first-order valence-electron chi connectivity index (χ1n) is 7.27. The lowest BCUT2D eigenvalue weighted by Gasteiger charge is -2.06. The maximum atomic E-state index is 12.0. The number of esters is 1. The molecule has 4 nitrogen and oxygen atoms in total. The number of nitrogens with zero attached hydrogens (tertiary/aromatic N) is 1. The average molecular weight is 315 g/mol. The van der Waals surface area contributed by atoms with Crippen LogP contribution in [-0.4, -0.2) is 11.1 Å². The third kappa shape index (κ3) is 3.42. The zero-order valence-corrected chi connectivity index (χ0v) is 12.6.